The molecule has 0 aromatic carbocycles. The first-order valence-electron chi connectivity index (χ1n) is 6.02. The fourth-order valence-corrected chi connectivity index (χ4v) is 2.04. The van der Waals surface area contributed by atoms with Crippen LogP contribution >= 0.6 is 0 Å². The van der Waals surface area contributed by atoms with E-state index in [1.807, 2.05) is 0 Å². The van der Waals surface area contributed by atoms with Gasteiger partial charge in [0.15, 0.2) is 0 Å². The van der Waals surface area contributed by atoms with Gasteiger partial charge in [-0.15, -0.1) is 0 Å². The summed E-state index contributed by atoms with van der Waals surface area (Å²) < 4.78 is 40.9. The molecule has 1 aliphatic rings. The van der Waals surface area contributed by atoms with Gasteiger partial charge in [0.2, 0.25) is 5.91 Å². The highest BCUT2D eigenvalue weighted by molar-refractivity contribution is 5.87. The maximum absolute atomic E-state index is 12.0. The van der Waals surface area contributed by atoms with Crippen LogP contribution in [-0.4, -0.2) is 30.8 Å². The fourth-order valence-electron chi connectivity index (χ4n) is 2.04. The van der Waals surface area contributed by atoms with E-state index < -0.39 is 18.9 Å². The number of alkyl halides is 3. The number of ether oxygens (including phenoxy) is 1. The van der Waals surface area contributed by atoms with Crippen molar-refractivity contribution in [2.45, 2.75) is 50.9 Å². The zero-order valence-corrected chi connectivity index (χ0v) is 10.3. The number of rotatable bonds is 4. The molecule has 6 heteroatoms. The van der Waals surface area contributed by atoms with E-state index in [1.54, 1.807) is 13.0 Å². The number of carbonyl (C=O) groups excluding carboxylic acids is 1. The molecule has 2 unspecified atom stereocenters. The second kappa shape index (κ2) is 6.78. The molecular formula is C12H18F3NO2. The minimum absolute atomic E-state index is 0.0966. The molecule has 1 amide bonds. The number of allylic oxidation sites excluding steroid dienone is 1. The van der Waals surface area contributed by atoms with Gasteiger partial charge in [0, 0.05) is 6.04 Å². The van der Waals surface area contributed by atoms with E-state index in [0.717, 1.165) is 12.8 Å². The lowest BCUT2D eigenvalue weighted by Gasteiger charge is -2.29. The topological polar surface area (TPSA) is 38.3 Å². The summed E-state index contributed by atoms with van der Waals surface area (Å²) in [6.07, 6.45) is 0.928. The van der Waals surface area contributed by atoms with E-state index >= 15 is 0 Å². The van der Waals surface area contributed by atoms with E-state index in [-0.39, 0.29) is 11.9 Å². The number of carbonyl (C=O) groups is 1. The van der Waals surface area contributed by atoms with Crippen molar-refractivity contribution in [2.24, 2.45) is 0 Å². The van der Waals surface area contributed by atoms with E-state index in [9.17, 15) is 18.0 Å². The maximum Gasteiger partial charge on any atom is 0.411 e. The van der Waals surface area contributed by atoms with Crippen molar-refractivity contribution in [2.75, 3.05) is 6.61 Å². The molecule has 1 aliphatic carbocycles. The van der Waals surface area contributed by atoms with Crippen LogP contribution in [0.25, 0.3) is 0 Å². The lowest BCUT2D eigenvalue weighted by Crippen LogP contribution is -2.40. The van der Waals surface area contributed by atoms with Crippen molar-refractivity contribution >= 4 is 5.91 Å². The van der Waals surface area contributed by atoms with Gasteiger partial charge in [-0.2, -0.15) is 13.2 Å². The lowest BCUT2D eigenvalue weighted by molar-refractivity contribution is -0.188. The Morgan fingerprint density at radius 2 is 2.17 bits per heavy atom. The first-order chi connectivity index (χ1) is 8.40. The Labute approximate surface area is 104 Å². The van der Waals surface area contributed by atoms with E-state index in [1.165, 1.54) is 6.08 Å². The standard InChI is InChI=1S/C12H18F3NO2/c1-2-4-11(17)16-9-5-3-6-10(7-9)18-8-12(13,14)15/h2,4,9-10H,3,5-8H2,1H3,(H,16,17). The number of amides is 1. The minimum Gasteiger partial charge on any atom is -0.369 e. The van der Waals surface area contributed by atoms with Crippen LogP contribution in [0.3, 0.4) is 0 Å². The SMILES string of the molecule is CC=CC(=O)NC1CCCC(OCC(F)(F)F)C1. The van der Waals surface area contributed by atoms with Crippen molar-refractivity contribution in [1.29, 1.82) is 0 Å². The van der Waals surface area contributed by atoms with Gasteiger partial charge in [-0.25, -0.2) is 0 Å². The highest BCUT2D eigenvalue weighted by atomic mass is 19.4. The van der Waals surface area contributed by atoms with Gasteiger partial charge in [-0.05, 0) is 38.7 Å². The molecule has 0 aliphatic heterocycles. The van der Waals surface area contributed by atoms with Crippen molar-refractivity contribution < 1.29 is 22.7 Å². The van der Waals surface area contributed by atoms with Gasteiger partial charge in [0.1, 0.15) is 6.61 Å². The summed E-state index contributed by atoms with van der Waals surface area (Å²) in [5, 5.41) is 2.76. The first-order valence-corrected chi connectivity index (χ1v) is 6.02. The number of hydrogen-bond acceptors (Lipinski definition) is 2. The molecular weight excluding hydrogens is 247 g/mol. The molecule has 0 spiro atoms. The Hall–Kier alpha value is -1.04. The smallest absolute Gasteiger partial charge is 0.369 e. The van der Waals surface area contributed by atoms with Crippen molar-refractivity contribution in [1.82, 2.24) is 5.32 Å². The van der Waals surface area contributed by atoms with E-state index in [4.69, 9.17) is 4.74 Å². The van der Waals surface area contributed by atoms with Gasteiger partial charge in [0.05, 0.1) is 6.10 Å². The summed E-state index contributed by atoms with van der Waals surface area (Å²) in [5.41, 5.74) is 0. The molecule has 0 heterocycles. The molecule has 1 rings (SSSR count). The van der Waals surface area contributed by atoms with Crippen LogP contribution in [0.15, 0.2) is 12.2 Å². The van der Waals surface area contributed by atoms with Crippen molar-refractivity contribution in [3.8, 4) is 0 Å². The normalized spacial score (nSPS) is 25.3. The Bertz CT molecular complexity index is 302. The van der Waals surface area contributed by atoms with Crippen LogP contribution in [0.4, 0.5) is 13.2 Å². The molecule has 104 valence electrons. The molecule has 1 N–H and O–H groups in total. The number of hydrogen-bond donors (Lipinski definition) is 1. The predicted octanol–water partition coefficient (Wildman–Crippen LogP) is 2.57. The molecule has 0 aromatic heterocycles. The maximum atomic E-state index is 12.0. The van der Waals surface area contributed by atoms with Crippen LogP contribution in [0.2, 0.25) is 0 Å². The molecule has 18 heavy (non-hydrogen) atoms. The second-order valence-electron chi connectivity index (χ2n) is 4.42. The van der Waals surface area contributed by atoms with Crippen molar-refractivity contribution in [3.05, 3.63) is 12.2 Å². The summed E-state index contributed by atoms with van der Waals surface area (Å²) in [4.78, 5) is 11.3. The molecule has 1 fully saturated rings. The largest absolute Gasteiger partial charge is 0.411 e. The third-order valence-corrected chi connectivity index (χ3v) is 2.77. The Balaban J connectivity index is 2.34. The van der Waals surface area contributed by atoms with E-state index in [2.05, 4.69) is 5.32 Å². The summed E-state index contributed by atoms with van der Waals surface area (Å²) in [7, 11) is 0. The highest BCUT2D eigenvalue weighted by Gasteiger charge is 2.31. The molecule has 0 radical (unpaired) electrons. The van der Waals surface area contributed by atoms with Crippen LogP contribution in [0.5, 0.6) is 0 Å². The second-order valence-corrected chi connectivity index (χ2v) is 4.42. The number of halogens is 3. The Morgan fingerprint density at radius 1 is 1.44 bits per heavy atom. The average molecular weight is 265 g/mol. The zero-order chi connectivity index (χ0) is 13.6. The summed E-state index contributed by atoms with van der Waals surface area (Å²) >= 11 is 0. The molecule has 1 saturated carbocycles. The Kier molecular flexibility index (Phi) is 5.65. The van der Waals surface area contributed by atoms with Crippen LogP contribution in [0, 0.1) is 0 Å². The minimum atomic E-state index is -4.29. The van der Waals surface area contributed by atoms with Gasteiger partial charge < -0.3 is 10.1 Å². The Morgan fingerprint density at radius 3 is 2.78 bits per heavy atom. The summed E-state index contributed by atoms with van der Waals surface area (Å²) in [6.45, 7) is 0.517. The highest BCUT2D eigenvalue weighted by Crippen LogP contribution is 2.24. The van der Waals surface area contributed by atoms with Gasteiger partial charge in [-0.3, -0.25) is 4.79 Å². The van der Waals surface area contributed by atoms with Crippen molar-refractivity contribution in [3.63, 3.8) is 0 Å². The van der Waals surface area contributed by atoms with Crippen LogP contribution < -0.4 is 5.32 Å². The van der Waals surface area contributed by atoms with Crippen LogP contribution in [-0.2, 0) is 9.53 Å². The average Bonchev–Trinajstić information content (AvgIpc) is 2.26. The number of nitrogens with one attached hydrogen (secondary N) is 1. The monoisotopic (exact) mass is 265 g/mol. The zero-order valence-electron chi connectivity index (χ0n) is 10.3. The molecule has 0 saturated heterocycles. The van der Waals surface area contributed by atoms with Gasteiger partial charge in [-0.1, -0.05) is 6.08 Å². The third kappa shape index (κ3) is 6.05. The first kappa shape index (κ1) is 15.0. The molecule has 2 atom stereocenters. The predicted molar refractivity (Wildman–Crippen MR) is 61.0 cm³/mol. The third-order valence-electron chi connectivity index (χ3n) is 2.77. The molecule has 0 bridgehead atoms. The summed E-state index contributed by atoms with van der Waals surface area (Å²) in [5.74, 6) is -0.209. The fraction of sp³-hybridized carbons (Fsp3) is 0.750. The molecule has 0 aromatic rings. The quantitative estimate of drug-likeness (QED) is 0.793. The van der Waals surface area contributed by atoms with Gasteiger partial charge >= 0.3 is 6.18 Å². The lowest BCUT2D eigenvalue weighted by atomic mass is 9.93. The summed E-state index contributed by atoms with van der Waals surface area (Å²) in [6, 6.07) is -0.0966. The van der Waals surface area contributed by atoms with E-state index in [0.29, 0.717) is 12.8 Å². The molecule has 3 nitrogen and oxygen atoms in total. The van der Waals surface area contributed by atoms with Crippen LogP contribution in [0.1, 0.15) is 32.6 Å². The van der Waals surface area contributed by atoms with Gasteiger partial charge in [0.25, 0.3) is 0 Å².